The molecule has 1 N–H and O–H groups in total. The highest BCUT2D eigenvalue weighted by molar-refractivity contribution is 5.78. The molecule has 1 heterocycles. The Morgan fingerprint density at radius 2 is 2.08 bits per heavy atom. The molecule has 0 aromatic heterocycles. The third-order valence-electron chi connectivity index (χ3n) is 5.52. The van der Waals surface area contributed by atoms with Gasteiger partial charge in [0.15, 0.2) is 0 Å². The molecule has 1 aliphatic carbocycles. The summed E-state index contributed by atoms with van der Waals surface area (Å²) >= 11 is 0. The second-order valence-corrected chi connectivity index (χ2v) is 7.16. The van der Waals surface area contributed by atoms with Crippen molar-refractivity contribution in [1.29, 1.82) is 0 Å². The van der Waals surface area contributed by atoms with Gasteiger partial charge in [0.1, 0.15) is 12.4 Å². The van der Waals surface area contributed by atoms with E-state index in [4.69, 9.17) is 9.47 Å². The Bertz CT molecular complexity index is 578. The molecule has 1 aromatic rings. The lowest BCUT2D eigenvalue weighted by Gasteiger charge is -2.37. The number of para-hydroxylation sites is 1. The van der Waals surface area contributed by atoms with Crippen molar-refractivity contribution >= 4 is 5.91 Å². The summed E-state index contributed by atoms with van der Waals surface area (Å²) < 4.78 is 11.5. The zero-order chi connectivity index (χ0) is 17.6. The summed E-state index contributed by atoms with van der Waals surface area (Å²) in [6.45, 7) is 4.67. The SMILES string of the molecule is COc1ccccc1C1CNCCN1C(=O)COC1CCCCC1C. The molecular weight excluding hydrogens is 316 g/mol. The van der Waals surface area contributed by atoms with Gasteiger partial charge in [-0.25, -0.2) is 0 Å². The van der Waals surface area contributed by atoms with Gasteiger partial charge in [-0.05, 0) is 24.8 Å². The van der Waals surface area contributed by atoms with Crippen LogP contribution in [0.4, 0.5) is 0 Å². The van der Waals surface area contributed by atoms with Gasteiger partial charge < -0.3 is 19.7 Å². The van der Waals surface area contributed by atoms with E-state index < -0.39 is 0 Å². The molecule has 3 atom stereocenters. The Morgan fingerprint density at radius 1 is 1.28 bits per heavy atom. The minimum atomic E-state index is -0.00946. The second kappa shape index (κ2) is 8.68. The number of nitrogens with one attached hydrogen (secondary N) is 1. The summed E-state index contributed by atoms with van der Waals surface area (Å²) in [6, 6.07) is 7.94. The number of hydrogen-bond donors (Lipinski definition) is 1. The van der Waals surface area contributed by atoms with E-state index in [1.54, 1.807) is 7.11 Å². The molecule has 138 valence electrons. The quantitative estimate of drug-likeness (QED) is 0.891. The van der Waals surface area contributed by atoms with Gasteiger partial charge in [0, 0.05) is 25.2 Å². The summed E-state index contributed by atoms with van der Waals surface area (Å²) in [5, 5.41) is 3.39. The number of nitrogens with zero attached hydrogens (tertiary/aromatic N) is 1. The largest absolute Gasteiger partial charge is 0.496 e. The number of rotatable bonds is 5. The standard InChI is InChI=1S/C20H30N2O3/c1-15-7-3-5-9-18(15)25-14-20(23)22-12-11-21-13-17(22)16-8-4-6-10-19(16)24-2/h4,6,8,10,15,17-18,21H,3,5,7,9,11-14H2,1-2H3. The number of carbonyl (C=O) groups excluding carboxylic acids is 1. The Hall–Kier alpha value is -1.59. The van der Waals surface area contributed by atoms with Gasteiger partial charge in [-0.3, -0.25) is 4.79 Å². The van der Waals surface area contributed by atoms with Crippen molar-refractivity contribution in [2.24, 2.45) is 5.92 Å². The van der Waals surface area contributed by atoms with E-state index in [1.165, 1.54) is 19.3 Å². The van der Waals surface area contributed by atoms with Crippen LogP contribution in [-0.2, 0) is 9.53 Å². The molecule has 1 amide bonds. The number of amides is 1. The number of piperazine rings is 1. The lowest BCUT2D eigenvalue weighted by Crippen LogP contribution is -2.50. The van der Waals surface area contributed by atoms with Crippen molar-refractivity contribution in [2.75, 3.05) is 33.4 Å². The number of hydrogen-bond acceptors (Lipinski definition) is 4. The summed E-state index contributed by atoms with van der Waals surface area (Å²) in [5.41, 5.74) is 1.05. The first-order valence-corrected chi connectivity index (χ1v) is 9.45. The van der Waals surface area contributed by atoms with Gasteiger partial charge in [0.2, 0.25) is 5.91 Å². The van der Waals surface area contributed by atoms with Gasteiger partial charge in [-0.1, -0.05) is 38.0 Å². The topological polar surface area (TPSA) is 50.8 Å². The van der Waals surface area contributed by atoms with E-state index in [9.17, 15) is 4.79 Å². The first-order chi connectivity index (χ1) is 12.2. The van der Waals surface area contributed by atoms with E-state index in [2.05, 4.69) is 12.2 Å². The maximum atomic E-state index is 12.9. The highest BCUT2D eigenvalue weighted by Gasteiger charge is 2.31. The van der Waals surface area contributed by atoms with Gasteiger partial charge in [0.25, 0.3) is 0 Å². The lowest BCUT2D eigenvalue weighted by atomic mass is 9.88. The van der Waals surface area contributed by atoms with Crippen molar-refractivity contribution in [3.63, 3.8) is 0 Å². The van der Waals surface area contributed by atoms with Crippen LogP contribution in [0.25, 0.3) is 0 Å². The lowest BCUT2D eigenvalue weighted by molar-refractivity contribution is -0.143. The first kappa shape index (κ1) is 18.2. The van der Waals surface area contributed by atoms with E-state index in [0.717, 1.165) is 30.8 Å². The highest BCUT2D eigenvalue weighted by atomic mass is 16.5. The molecule has 3 unspecified atom stereocenters. The van der Waals surface area contributed by atoms with Gasteiger partial charge in [0.05, 0.1) is 19.3 Å². The maximum absolute atomic E-state index is 12.9. The molecule has 5 nitrogen and oxygen atoms in total. The van der Waals surface area contributed by atoms with Crippen molar-refractivity contribution < 1.29 is 14.3 Å². The van der Waals surface area contributed by atoms with Gasteiger partial charge >= 0.3 is 0 Å². The van der Waals surface area contributed by atoms with Gasteiger partial charge in [-0.2, -0.15) is 0 Å². The smallest absolute Gasteiger partial charge is 0.249 e. The van der Waals surface area contributed by atoms with Crippen LogP contribution in [0.1, 0.15) is 44.2 Å². The van der Waals surface area contributed by atoms with E-state index in [-0.39, 0.29) is 24.7 Å². The summed E-state index contributed by atoms with van der Waals surface area (Å²) in [4.78, 5) is 14.8. The maximum Gasteiger partial charge on any atom is 0.249 e. The van der Waals surface area contributed by atoms with Crippen LogP contribution in [0.3, 0.4) is 0 Å². The number of methoxy groups -OCH3 is 1. The number of carbonyl (C=O) groups is 1. The van der Waals surface area contributed by atoms with Crippen molar-refractivity contribution in [2.45, 2.75) is 44.8 Å². The fourth-order valence-electron chi connectivity index (χ4n) is 4.01. The van der Waals surface area contributed by atoms with Crippen molar-refractivity contribution in [1.82, 2.24) is 10.2 Å². The van der Waals surface area contributed by atoms with Crippen LogP contribution in [0.5, 0.6) is 5.75 Å². The van der Waals surface area contributed by atoms with E-state index >= 15 is 0 Å². The molecule has 2 fully saturated rings. The second-order valence-electron chi connectivity index (χ2n) is 7.16. The molecule has 0 spiro atoms. The van der Waals surface area contributed by atoms with E-state index in [1.807, 2.05) is 29.2 Å². The number of ether oxygens (including phenoxy) is 2. The average molecular weight is 346 g/mol. The Labute approximate surface area is 150 Å². The molecule has 1 saturated carbocycles. The fourth-order valence-corrected chi connectivity index (χ4v) is 4.01. The fraction of sp³-hybridized carbons (Fsp3) is 0.650. The predicted molar refractivity (Wildman–Crippen MR) is 97.7 cm³/mol. The normalized spacial score (nSPS) is 27.1. The minimum absolute atomic E-state index is 0.00946. The third-order valence-corrected chi connectivity index (χ3v) is 5.52. The van der Waals surface area contributed by atoms with Crippen LogP contribution in [0.15, 0.2) is 24.3 Å². The minimum Gasteiger partial charge on any atom is -0.496 e. The monoisotopic (exact) mass is 346 g/mol. The molecule has 25 heavy (non-hydrogen) atoms. The first-order valence-electron chi connectivity index (χ1n) is 9.45. The predicted octanol–water partition coefficient (Wildman–Crippen LogP) is 2.76. The highest BCUT2D eigenvalue weighted by Crippen LogP contribution is 2.31. The van der Waals surface area contributed by atoms with Crippen LogP contribution >= 0.6 is 0 Å². The van der Waals surface area contributed by atoms with Crippen LogP contribution in [0.2, 0.25) is 0 Å². The molecule has 5 heteroatoms. The molecule has 2 aliphatic rings. The Morgan fingerprint density at radius 3 is 2.88 bits per heavy atom. The van der Waals surface area contributed by atoms with Crippen molar-refractivity contribution in [3.8, 4) is 5.75 Å². The zero-order valence-electron chi connectivity index (χ0n) is 15.4. The summed E-state index contributed by atoms with van der Waals surface area (Å²) in [5.74, 6) is 1.46. The average Bonchev–Trinajstić information content (AvgIpc) is 2.67. The zero-order valence-corrected chi connectivity index (χ0v) is 15.4. The van der Waals surface area contributed by atoms with Crippen LogP contribution in [0, 0.1) is 5.92 Å². The molecule has 1 aromatic carbocycles. The Balaban J connectivity index is 1.66. The van der Waals surface area contributed by atoms with E-state index in [0.29, 0.717) is 12.5 Å². The molecule has 3 rings (SSSR count). The molecule has 1 saturated heterocycles. The molecule has 1 aliphatic heterocycles. The van der Waals surface area contributed by atoms with Crippen LogP contribution < -0.4 is 10.1 Å². The third kappa shape index (κ3) is 4.33. The molecule has 0 bridgehead atoms. The van der Waals surface area contributed by atoms with Gasteiger partial charge in [-0.15, -0.1) is 0 Å². The molecule has 0 radical (unpaired) electrons. The number of benzene rings is 1. The summed E-state index contributed by atoms with van der Waals surface area (Å²) in [6.07, 6.45) is 5.00. The Kier molecular flexibility index (Phi) is 6.32. The summed E-state index contributed by atoms with van der Waals surface area (Å²) in [7, 11) is 1.68. The van der Waals surface area contributed by atoms with Crippen LogP contribution in [-0.4, -0.2) is 50.3 Å². The van der Waals surface area contributed by atoms with Crippen molar-refractivity contribution in [3.05, 3.63) is 29.8 Å². The molecular formula is C20H30N2O3.